The van der Waals surface area contributed by atoms with Gasteiger partial charge in [0.25, 0.3) is 18.3 Å². The highest BCUT2D eigenvalue weighted by Crippen LogP contribution is 2.34. The molecule has 2 aliphatic rings. The summed E-state index contributed by atoms with van der Waals surface area (Å²) in [6.45, 7) is -0.741. The van der Waals surface area contributed by atoms with E-state index in [0.29, 0.717) is 5.69 Å². The lowest BCUT2D eigenvalue weighted by atomic mass is 9.93. The molecule has 2 N–H and O–H groups in total. The molecule has 2 unspecified atom stereocenters. The summed E-state index contributed by atoms with van der Waals surface area (Å²) in [6.07, 6.45) is -5.00. The van der Waals surface area contributed by atoms with Crippen molar-refractivity contribution >= 4 is 40.2 Å². The maximum Gasteiger partial charge on any atom is 0.412 e. The number of hydrogen-bond donors (Lipinski definition) is 2. The van der Waals surface area contributed by atoms with E-state index in [0.717, 1.165) is 22.6 Å². The lowest BCUT2D eigenvalue weighted by molar-refractivity contribution is -0.144. The van der Waals surface area contributed by atoms with E-state index in [1.54, 1.807) is 6.92 Å². The largest absolute Gasteiger partial charge is 0.477 e. The highest BCUT2D eigenvalue weighted by molar-refractivity contribution is 7.11. The Morgan fingerprint density at radius 1 is 1.30 bits per heavy atom. The van der Waals surface area contributed by atoms with Gasteiger partial charge in [0, 0.05) is 6.07 Å². The van der Waals surface area contributed by atoms with E-state index in [1.807, 2.05) is 0 Å². The molecule has 2 aliphatic heterocycles. The first-order valence-corrected chi connectivity index (χ1v) is 12.8. The number of piperidine rings is 1. The van der Waals surface area contributed by atoms with Crippen LogP contribution in [0.2, 0.25) is 0 Å². The zero-order valence-corrected chi connectivity index (χ0v) is 21.7. The first-order valence-electron chi connectivity index (χ1n) is 12.0. The Morgan fingerprint density at radius 2 is 2.08 bits per heavy atom. The van der Waals surface area contributed by atoms with Crippen LogP contribution in [0.5, 0.6) is 5.88 Å². The van der Waals surface area contributed by atoms with Gasteiger partial charge in [0.2, 0.25) is 5.88 Å². The van der Waals surface area contributed by atoms with Crippen LogP contribution in [0.1, 0.15) is 22.5 Å². The molecule has 1 amide bonds. The number of amidine groups is 1. The summed E-state index contributed by atoms with van der Waals surface area (Å²) in [7, 11) is 0. The predicted molar refractivity (Wildman–Crippen MR) is 134 cm³/mol. The molecule has 4 heterocycles. The molecule has 1 saturated heterocycles. The second-order valence-electron chi connectivity index (χ2n) is 9.18. The Bertz CT molecular complexity index is 1250. The Hall–Kier alpha value is -3.34. The van der Waals surface area contributed by atoms with Crippen molar-refractivity contribution in [1.29, 1.82) is 0 Å². The van der Waals surface area contributed by atoms with E-state index < -0.39 is 56.0 Å². The zero-order valence-electron chi connectivity index (χ0n) is 20.9. The van der Waals surface area contributed by atoms with Gasteiger partial charge in [-0.2, -0.15) is 17.5 Å². The number of amides is 1. The van der Waals surface area contributed by atoms with Crippen LogP contribution in [-0.4, -0.2) is 89.6 Å². The van der Waals surface area contributed by atoms with Gasteiger partial charge in [-0.25, -0.2) is 22.5 Å². The normalized spacial score (nSPS) is 21.3. The van der Waals surface area contributed by atoms with Crippen LogP contribution in [0, 0.1) is 12.8 Å². The van der Waals surface area contributed by atoms with Gasteiger partial charge < -0.3 is 15.4 Å². The summed E-state index contributed by atoms with van der Waals surface area (Å²) in [6, 6.07) is 0.897. The van der Waals surface area contributed by atoms with E-state index in [4.69, 9.17) is 4.74 Å². The number of hydrogen-bond acceptors (Lipinski definition) is 9. The molecule has 2 aromatic heterocycles. The maximum atomic E-state index is 14.4. The molecule has 2 atom stereocenters. The first kappa shape index (κ1) is 29.6. The summed E-state index contributed by atoms with van der Waals surface area (Å²) >= 11 is 0.917. The highest BCUT2D eigenvalue weighted by Gasteiger charge is 2.45. The fourth-order valence-corrected chi connectivity index (χ4v) is 4.86. The average Bonchev–Trinajstić information content (AvgIpc) is 3.23. The third kappa shape index (κ3) is 7.44. The Labute approximate surface area is 227 Å². The second kappa shape index (κ2) is 12.0. The van der Waals surface area contributed by atoms with Crippen LogP contribution < -0.4 is 15.4 Å². The van der Waals surface area contributed by atoms with Crippen molar-refractivity contribution in [3.8, 4) is 5.88 Å². The fourth-order valence-electron chi connectivity index (χ4n) is 4.06. The van der Waals surface area contributed by atoms with Crippen LogP contribution in [0.15, 0.2) is 28.3 Å². The smallest absolute Gasteiger partial charge is 0.412 e. The zero-order chi connectivity index (χ0) is 29.1. The van der Waals surface area contributed by atoms with Gasteiger partial charge in [-0.3, -0.25) is 19.7 Å². The van der Waals surface area contributed by atoms with Gasteiger partial charge in [0.05, 0.1) is 61.5 Å². The predicted octanol–water partition coefficient (Wildman–Crippen LogP) is 4.53. The summed E-state index contributed by atoms with van der Waals surface area (Å²) in [5.41, 5.74) is 0.754. The number of rotatable bonds is 8. The SMILES string of the molecule is Cc1nsc(NC2=NCC(C(F)(F)F)N=C2)c1C(=O)Nc1ccc(OCC2CCN(CC(F)F)CC2(F)F)nc1. The van der Waals surface area contributed by atoms with Crippen molar-refractivity contribution in [3.63, 3.8) is 0 Å². The van der Waals surface area contributed by atoms with Gasteiger partial charge >= 0.3 is 6.18 Å². The minimum atomic E-state index is -4.51. The van der Waals surface area contributed by atoms with E-state index in [1.165, 1.54) is 18.3 Å². The minimum absolute atomic E-state index is 0.0144. The number of nitrogens with one attached hydrogen (secondary N) is 2. The lowest BCUT2D eigenvalue weighted by Gasteiger charge is -2.37. The third-order valence-corrected chi connectivity index (χ3v) is 7.02. The van der Waals surface area contributed by atoms with Crippen molar-refractivity contribution in [1.82, 2.24) is 14.3 Å². The monoisotopic (exact) mass is 595 g/mol. The van der Waals surface area contributed by atoms with Crippen molar-refractivity contribution in [2.24, 2.45) is 15.9 Å². The van der Waals surface area contributed by atoms with Crippen molar-refractivity contribution in [2.75, 3.05) is 43.4 Å². The number of pyridine rings is 1. The van der Waals surface area contributed by atoms with Crippen LogP contribution >= 0.6 is 11.5 Å². The number of ether oxygens (including phenoxy) is 1. The van der Waals surface area contributed by atoms with E-state index in [9.17, 15) is 35.5 Å². The number of aliphatic imine (C=N–C) groups is 2. The van der Waals surface area contributed by atoms with Crippen LogP contribution in [0.3, 0.4) is 0 Å². The summed E-state index contributed by atoms with van der Waals surface area (Å²) < 4.78 is 102. The van der Waals surface area contributed by atoms with Gasteiger partial charge in [-0.1, -0.05) is 0 Å². The van der Waals surface area contributed by atoms with E-state index in [2.05, 4.69) is 30.0 Å². The standard InChI is InChI=1S/C23H24F7N7O2S/c1-12-19(21(40-36-12)35-17-8-31-15(7-32-17)23(28,29)30)20(38)34-14-2-3-18(33-6-14)39-10-13-4-5-37(9-16(24)25)11-22(13,26)27/h2-3,6,8,13,15-16H,4-5,7,9-11H2,1H3,(H,32,35)(H,34,38). The lowest BCUT2D eigenvalue weighted by Crippen LogP contribution is -2.51. The number of anilines is 2. The van der Waals surface area contributed by atoms with Gasteiger partial charge in [0.15, 0.2) is 6.04 Å². The Kier molecular flexibility index (Phi) is 8.92. The second-order valence-corrected chi connectivity index (χ2v) is 9.96. The number of halogens is 7. The van der Waals surface area contributed by atoms with E-state index >= 15 is 0 Å². The van der Waals surface area contributed by atoms with Crippen molar-refractivity contribution in [3.05, 3.63) is 29.6 Å². The number of nitrogens with zero attached hydrogens (tertiary/aromatic N) is 5. The molecule has 218 valence electrons. The number of carbonyl (C=O) groups excluding carboxylic acids is 1. The number of carbonyl (C=O) groups is 1. The van der Waals surface area contributed by atoms with Crippen molar-refractivity contribution in [2.45, 2.75) is 37.9 Å². The van der Waals surface area contributed by atoms with Crippen molar-refractivity contribution < 1.29 is 40.3 Å². The molecule has 17 heteroatoms. The number of aromatic nitrogens is 2. The molecule has 1 fully saturated rings. The first-order chi connectivity index (χ1) is 18.8. The average molecular weight is 596 g/mol. The molecule has 0 spiro atoms. The summed E-state index contributed by atoms with van der Waals surface area (Å²) in [4.78, 5) is 25.3. The number of alkyl halides is 7. The fraction of sp³-hybridized carbons (Fsp3) is 0.522. The molecule has 9 nitrogen and oxygen atoms in total. The molecule has 40 heavy (non-hydrogen) atoms. The highest BCUT2D eigenvalue weighted by atomic mass is 32.1. The molecule has 4 rings (SSSR count). The topological polar surface area (TPSA) is 104 Å². The molecule has 0 saturated carbocycles. The van der Waals surface area contributed by atoms with Gasteiger partial charge in [0.1, 0.15) is 10.8 Å². The summed E-state index contributed by atoms with van der Waals surface area (Å²) in [5.74, 6) is -4.87. The van der Waals surface area contributed by atoms with Crippen LogP contribution in [-0.2, 0) is 0 Å². The van der Waals surface area contributed by atoms with Crippen LogP contribution in [0.25, 0.3) is 0 Å². The van der Waals surface area contributed by atoms with Gasteiger partial charge in [-0.15, -0.1) is 0 Å². The third-order valence-electron chi connectivity index (χ3n) is 6.17. The summed E-state index contributed by atoms with van der Waals surface area (Å²) in [5, 5.41) is 5.64. The molecular formula is C23H24F7N7O2S. The Balaban J connectivity index is 1.32. The van der Waals surface area contributed by atoms with E-state index in [-0.39, 0.29) is 47.5 Å². The number of aryl methyl sites for hydroxylation is 1. The molecule has 0 bridgehead atoms. The quantitative estimate of drug-likeness (QED) is 0.435. The molecular weight excluding hydrogens is 571 g/mol. The molecule has 0 aromatic carbocycles. The Morgan fingerprint density at radius 3 is 2.67 bits per heavy atom. The van der Waals surface area contributed by atoms with Crippen LogP contribution in [0.4, 0.5) is 41.4 Å². The number of likely N-dealkylation sites (tertiary alicyclic amines) is 1. The molecule has 0 aliphatic carbocycles. The molecule has 0 radical (unpaired) electrons. The molecule has 2 aromatic rings. The maximum absolute atomic E-state index is 14.4. The minimum Gasteiger partial charge on any atom is -0.477 e. The van der Waals surface area contributed by atoms with Gasteiger partial charge in [-0.05, 0) is 37.5 Å².